The highest BCUT2D eigenvalue weighted by Crippen LogP contribution is 2.34. The van der Waals surface area contributed by atoms with Crippen LogP contribution in [0.5, 0.6) is 0 Å². The summed E-state index contributed by atoms with van der Waals surface area (Å²) in [5.41, 5.74) is 4.23. The second-order valence-corrected chi connectivity index (χ2v) is 8.67. The predicted octanol–water partition coefficient (Wildman–Crippen LogP) is 1.80. The maximum Gasteiger partial charge on any atom is 0.328 e. The second-order valence-electron chi connectivity index (χ2n) is 8.67. The Morgan fingerprint density at radius 3 is 2.53 bits per heavy atom. The lowest BCUT2D eigenvalue weighted by Gasteiger charge is -2.40. The predicted molar refractivity (Wildman–Crippen MR) is 115 cm³/mol. The number of fused-ring (bicyclic) bond motifs is 3. The van der Waals surface area contributed by atoms with Crippen molar-refractivity contribution in [1.82, 2.24) is 24.5 Å². The molecule has 3 aliphatic heterocycles. The molecule has 160 valence electrons. The van der Waals surface area contributed by atoms with Crippen LogP contribution >= 0.6 is 0 Å². The van der Waals surface area contributed by atoms with Gasteiger partial charge in [-0.15, -0.1) is 0 Å². The number of carbonyl (C=O) groups is 2. The summed E-state index contributed by atoms with van der Waals surface area (Å²) in [6, 6.07) is 5.29. The van der Waals surface area contributed by atoms with Gasteiger partial charge in [0, 0.05) is 32.0 Å². The summed E-state index contributed by atoms with van der Waals surface area (Å²) in [5, 5.41) is 0. The molecule has 3 amide bonds. The molecular weight excluding hydrogens is 380 g/mol. The van der Waals surface area contributed by atoms with Gasteiger partial charge in [-0.25, -0.2) is 9.79 Å². The summed E-state index contributed by atoms with van der Waals surface area (Å²) in [6.07, 6.45) is 1.48. The Balaban J connectivity index is 1.61. The summed E-state index contributed by atoms with van der Waals surface area (Å²) in [5.74, 6) is 0.562. The highest BCUT2D eigenvalue weighted by molar-refractivity contribution is 6.04. The van der Waals surface area contributed by atoms with Crippen molar-refractivity contribution in [3.63, 3.8) is 0 Å². The number of hydrogen-bond acceptors (Lipinski definition) is 6. The van der Waals surface area contributed by atoms with Crippen molar-refractivity contribution in [3.8, 4) is 0 Å². The number of imide groups is 1. The number of rotatable bonds is 5. The van der Waals surface area contributed by atoms with E-state index < -0.39 is 12.2 Å². The number of benzene rings is 1. The van der Waals surface area contributed by atoms with E-state index in [-0.39, 0.29) is 18.5 Å². The molecule has 1 fully saturated rings. The molecule has 1 saturated heterocycles. The van der Waals surface area contributed by atoms with Crippen molar-refractivity contribution in [2.24, 2.45) is 4.99 Å². The SMILES string of the molecule is CC1=CN2C(=NC3C2C(=O)N(Cc2cc(C)ccc2C)C(=O)N3C)N1CCN(C)C. The zero-order valence-corrected chi connectivity index (χ0v) is 18.6. The molecule has 3 aliphatic rings. The molecule has 30 heavy (non-hydrogen) atoms. The number of allylic oxidation sites excluding steroid dienone is 1. The smallest absolute Gasteiger partial charge is 0.313 e. The number of aryl methyl sites for hydroxylation is 2. The minimum absolute atomic E-state index is 0.193. The molecule has 0 saturated carbocycles. The van der Waals surface area contributed by atoms with Crippen LogP contribution in [0.25, 0.3) is 0 Å². The first-order valence-electron chi connectivity index (χ1n) is 10.3. The number of urea groups is 1. The van der Waals surface area contributed by atoms with Crippen molar-refractivity contribution in [1.29, 1.82) is 0 Å². The molecule has 1 aromatic carbocycles. The van der Waals surface area contributed by atoms with E-state index in [1.807, 2.05) is 64.2 Å². The first kappa shape index (κ1) is 20.4. The molecule has 0 aromatic heterocycles. The molecule has 3 heterocycles. The van der Waals surface area contributed by atoms with Gasteiger partial charge in [-0.05, 0) is 46.0 Å². The van der Waals surface area contributed by atoms with Crippen molar-refractivity contribution in [3.05, 3.63) is 46.8 Å². The van der Waals surface area contributed by atoms with E-state index in [2.05, 4.69) is 9.80 Å². The highest BCUT2D eigenvalue weighted by Gasteiger charge is 2.54. The molecule has 0 aliphatic carbocycles. The molecule has 0 bridgehead atoms. The Kier molecular flexibility index (Phi) is 5.05. The average Bonchev–Trinajstić information content (AvgIpc) is 3.19. The van der Waals surface area contributed by atoms with Crippen LogP contribution in [0.3, 0.4) is 0 Å². The summed E-state index contributed by atoms with van der Waals surface area (Å²) in [4.78, 5) is 40.5. The molecule has 2 unspecified atom stereocenters. The molecule has 1 aromatic rings. The molecule has 4 rings (SSSR count). The van der Waals surface area contributed by atoms with Crippen LogP contribution in [-0.4, -0.2) is 88.8 Å². The van der Waals surface area contributed by atoms with E-state index in [0.29, 0.717) is 0 Å². The standard InChI is InChI=1S/C22H30N6O2/c1-14-7-8-15(2)17(11-14)13-28-20(29)18-19(25(6)22(28)30)23-21-26(10-9-24(4)5)16(3)12-27(18)21/h7-8,11-12,18-19H,9-10,13H2,1-6H3. The van der Waals surface area contributed by atoms with Crippen LogP contribution in [0.4, 0.5) is 4.79 Å². The molecule has 0 spiro atoms. The topological polar surface area (TPSA) is 62.7 Å². The zero-order valence-electron chi connectivity index (χ0n) is 18.6. The molecule has 8 nitrogen and oxygen atoms in total. The van der Waals surface area contributed by atoms with E-state index in [1.54, 1.807) is 11.9 Å². The fraction of sp³-hybridized carbons (Fsp3) is 0.500. The van der Waals surface area contributed by atoms with E-state index in [1.165, 1.54) is 4.90 Å². The van der Waals surface area contributed by atoms with Gasteiger partial charge in [0.05, 0.1) is 6.54 Å². The molecule has 8 heteroatoms. The number of nitrogens with zero attached hydrogens (tertiary/aromatic N) is 6. The third-order valence-electron chi connectivity index (χ3n) is 6.11. The third-order valence-corrected chi connectivity index (χ3v) is 6.11. The van der Waals surface area contributed by atoms with Crippen molar-refractivity contribution in [2.75, 3.05) is 34.2 Å². The van der Waals surface area contributed by atoms with Gasteiger partial charge in [0.25, 0.3) is 5.91 Å². The first-order valence-corrected chi connectivity index (χ1v) is 10.3. The third kappa shape index (κ3) is 3.25. The van der Waals surface area contributed by atoms with Crippen LogP contribution < -0.4 is 0 Å². The van der Waals surface area contributed by atoms with Crippen LogP contribution in [0.15, 0.2) is 35.1 Å². The van der Waals surface area contributed by atoms with E-state index in [4.69, 9.17) is 4.99 Å². The fourth-order valence-corrected chi connectivity index (χ4v) is 4.26. The maximum absolute atomic E-state index is 13.5. The van der Waals surface area contributed by atoms with Gasteiger partial charge in [-0.3, -0.25) is 9.69 Å². The number of aliphatic imine (C=N–C) groups is 1. The maximum atomic E-state index is 13.5. The quantitative estimate of drug-likeness (QED) is 0.741. The largest absolute Gasteiger partial charge is 0.328 e. The van der Waals surface area contributed by atoms with E-state index in [9.17, 15) is 9.59 Å². The van der Waals surface area contributed by atoms with Gasteiger partial charge < -0.3 is 19.6 Å². The van der Waals surface area contributed by atoms with Crippen molar-refractivity contribution < 1.29 is 9.59 Å². The number of hydrogen-bond donors (Lipinski definition) is 0. The van der Waals surface area contributed by atoms with Crippen LogP contribution in [-0.2, 0) is 11.3 Å². The molecule has 2 atom stereocenters. The minimum Gasteiger partial charge on any atom is -0.313 e. The number of amides is 3. The summed E-state index contributed by atoms with van der Waals surface area (Å²) in [7, 11) is 5.80. The van der Waals surface area contributed by atoms with Gasteiger partial charge in [-0.1, -0.05) is 23.8 Å². The van der Waals surface area contributed by atoms with Crippen LogP contribution in [0.2, 0.25) is 0 Å². The second kappa shape index (κ2) is 7.43. The first-order chi connectivity index (χ1) is 14.2. The number of guanidine groups is 1. The Labute approximate surface area is 178 Å². The fourth-order valence-electron chi connectivity index (χ4n) is 4.26. The summed E-state index contributed by atoms with van der Waals surface area (Å²) < 4.78 is 0. The molecular formula is C22H30N6O2. The summed E-state index contributed by atoms with van der Waals surface area (Å²) in [6.45, 7) is 7.97. The number of carbonyl (C=O) groups excluding carboxylic acids is 2. The Bertz CT molecular complexity index is 953. The molecule has 0 N–H and O–H groups in total. The van der Waals surface area contributed by atoms with Gasteiger partial charge in [0.1, 0.15) is 0 Å². The average molecular weight is 411 g/mol. The van der Waals surface area contributed by atoms with Gasteiger partial charge >= 0.3 is 6.03 Å². The lowest BCUT2D eigenvalue weighted by atomic mass is 10.0. The Hall–Kier alpha value is -2.87. The van der Waals surface area contributed by atoms with E-state index in [0.717, 1.165) is 41.4 Å². The molecule has 0 radical (unpaired) electrons. The minimum atomic E-state index is -0.521. The van der Waals surface area contributed by atoms with Gasteiger partial charge in [0.2, 0.25) is 5.96 Å². The van der Waals surface area contributed by atoms with E-state index >= 15 is 0 Å². The summed E-state index contributed by atoms with van der Waals surface area (Å²) >= 11 is 0. The monoisotopic (exact) mass is 410 g/mol. The van der Waals surface area contributed by atoms with Crippen LogP contribution in [0, 0.1) is 13.8 Å². The van der Waals surface area contributed by atoms with Crippen molar-refractivity contribution in [2.45, 2.75) is 39.5 Å². The normalized spacial score (nSPS) is 23.3. The van der Waals surface area contributed by atoms with Gasteiger partial charge in [-0.2, -0.15) is 0 Å². The number of likely N-dealkylation sites (N-methyl/N-ethyl adjacent to an activating group) is 2. The van der Waals surface area contributed by atoms with Gasteiger partial charge in [0.15, 0.2) is 12.2 Å². The lowest BCUT2D eigenvalue weighted by Crippen LogP contribution is -2.63. The Morgan fingerprint density at radius 2 is 1.83 bits per heavy atom. The Morgan fingerprint density at radius 1 is 1.10 bits per heavy atom. The lowest BCUT2D eigenvalue weighted by molar-refractivity contribution is -0.137. The van der Waals surface area contributed by atoms with Crippen molar-refractivity contribution >= 4 is 17.9 Å². The zero-order chi connectivity index (χ0) is 21.7. The highest BCUT2D eigenvalue weighted by atomic mass is 16.2. The van der Waals surface area contributed by atoms with Crippen LogP contribution in [0.1, 0.15) is 23.6 Å².